The van der Waals surface area contributed by atoms with E-state index in [-0.39, 0.29) is 5.56 Å². The maximum absolute atomic E-state index is 11.0. The third-order valence-corrected chi connectivity index (χ3v) is 2.24. The monoisotopic (exact) mass is 220 g/mol. The largest absolute Gasteiger partial charge is 0.478 e. The molecule has 0 unspecified atom stereocenters. The van der Waals surface area contributed by atoms with Gasteiger partial charge in [-0.15, -0.1) is 0 Å². The van der Waals surface area contributed by atoms with Crippen LogP contribution in [0.25, 0.3) is 11.0 Å². The fraction of sp³-hybridized carbons (Fsp3) is 0.273. The van der Waals surface area contributed by atoms with Gasteiger partial charge in [0.15, 0.2) is 0 Å². The van der Waals surface area contributed by atoms with Crippen molar-refractivity contribution in [3.05, 3.63) is 29.6 Å². The lowest BCUT2D eigenvalue weighted by molar-refractivity contribution is 0.0699. The number of aromatic nitrogens is 2. The Morgan fingerprint density at radius 2 is 2.38 bits per heavy atom. The van der Waals surface area contributed by atoms with E-state index < -0.39 is 5.97 Å². The van der Waals surface area contributed by atoms with E-state index in [1.54, 1.807) is 12.1 Å². The van der Waals surface area contributed by atoms with Gasteiger partial charge in [-0.3, -0.25) is 0 Å². The Bertz CT molecular complexity index is 519. The van der Waals surface area contributed by atoms with Gasteiger partial charge in [-0.05, 0) is 19.1 Å². The molecule has 1 aromatic heterocycles. The molecule has 0 radical (unpaired) electrons. The lowest BCUT2D eigenvalue weighted by Gasteiger charge is -1.94. The molecule has 0 fully saturated rings. The highest BCUT2D eigenvalue weighted by Gasteiger charge is 2.11. The summed E-state index contributed by atoms with van der Waals surface area (Å²) in [6.07, 6.45) is 0. The van der Waals surface area contributed by atoms with Gasteiger partial charge in [-0.2, -0.15) is 0 Å². The second-order valence-corrected chi connectivity index (χ2v) is 3.33. The van der Waals surface area contributed by atoms with Crippen LogP contribution in [0, 0.1) is 0 Å². The van der Waals surface area contributed by atoms with Crippen LogP contribution in [0.4, 0.5) is 0 Å². The zero-order valence-corrected chi connectivity index (χ0v) is 8.86. The molecular formula is C11H12N2O3. The Morgan fingerprint density at radius 1 is 1.56 bits per heavy atom. The van der Waals surface area contributed by atoms with Crippen molar-refractivity contribution in [1.29, 1.82) is 0 Å². The molecule has 1 aromatic carbocycles. The van der Waals surface area contributed by atoms with Gasteiger partial charge in [0, 0.05) is 6.61 Å². The van der Waals surface area contributed by atoms with Gasteiger partial charge in [-0.25, -0.2) is 9.78 Å². The number of nitrogens with zero attached hydrogens (tertiary/aromatic N) is 1. The highest BCUT2D eigenvalue weighted by atomic mass is 16.5. The molecule has 16 heavy (non-hydrogen) atoms. The number of carbonyl (C=O) groups is 1. The first-order chi connectivity index (χ1) is 7.72. The molecule has 5 heteroatoms. The molecule has 1 heterocycles. The highest BCUT2D eigenvalue weighted by molar-refractivity contribution is 6.00. The third-order valence-electron chi connectivity index (χ3n) is 2.24. The summed E-state index contributed by atoms with van der Waals surface area (Å²) in [5.41, 5.74) is 1.40. The number of aromatic carboxylic acids is 1. The van der Waals surface area contributed by atoms with Crippen molar-refractivity contribution in [2.45, 2.75) is 13.5 Å². The average Bonchev–Trinajstić information content (AvgIpc) is 2.68. The van der Waals surface area contributed by atoms with E-state index >= 15 is 0 Å². The second kappa shape index (κ2) is 4.32. The van der Waals surface area contributed by atoms with E-state index in [2.05, 4.69) is 9.97 Å². The van der Waals surface area contributed by atoms with Gasteiger partial charge in [0.2, 0.25) is 0 Å². The van der Waals surface area contributed by atoms with E-state index in [4.69, 9.17) is 9.84 Å². The minimum atomic E-state index is -0.972. The number of para-hydroxylation sites is 1. The molecular weight excluding hydrogens is 208 g/mol. The van der Waals surface area contributed by atoms with Crippen LogP contribution in [0.1, 0.15) is 23.1 Å². The highest BCUT2D eigenvalue weighted by Crippen LogP contribution is 2.16. The number of rotatable bonds is 4. The summed E-state index contributed by atoms with van der Waals surface area (Å²) >= 11 is 0. The molecule has 2 aromatic rings. The maximum Gasteiger partial charge on any atom is 0.337 e. The Morgan fingerprint density at radius 3 is 3.06 bits per heavy atom. The molecule has 0 aliphatic heterocycles. The van der Waals surface area contributed by atoms with Gasteiger partial charge in [-0.1, -0.05) is 6.07 Å². The zero-order chi connectivity index (χ0) is 11.5. The minimum Gasteiger partial charge on any atom is -0.478 e. The first-order valence-corrected chi connectivity index (χ1v) is 5.01. The summed E-state index contributed by atoms with van der Waals surface area (Å²) in [4.78, 5) is 18.2. The maximum atomic E-state index is 11.0. The molecule has 0 atom stereocenters. The molecule has 84 valence electrons. The predicted molar refractivity (Wildman–Crippen MR) is 58.4 cm³/mol. The number of hydrogen-bond donors (Lipinski definition) is 2. The van der Waals surface area contributed by atoms with Crippen molar-refractivity contribution in [3.63, 3.8) is 0 Å². The first kappa shape index (κ1) is 10.6. The Labute approximate surface area is 92.1 Å². The molecule has 0 aliphatic rings. The Kier molecular flexibility index (Phi) is 2.87. The number of benzene rings is 1. The summed E-state index contributed by atoms with van der Waals surface area (Å²) in [6.45, 7) is 2.86. The number of fused-ring (bicyclic) bond motifs is 1. The van der Waals surface area contributed by atoms with Crippen molar-refractivity contribution >= 4 is 17.0 Å². The Hall–Kier alpha value is -1.88. The molecule has 5 nitrogen and oxygen atoms in total. The fourth-order valence-corrected chi connectivity index (χ4v) is 1.52. The first-order valence-electron chi connectivity index (χ1n) is 5.01. The van der Waals surface area contributed by atoms with Crippen molar-refractivity contribution in [2.24, 2.45) is 0 Å². The van der Waals surface area contributed by atoms with E-state index in [1.807, 2.05) is 6.92 Å². The second-order valence-electron chi connectivity index (χ2n) is 3.33. The number of aromatic amines is 1. The number of ether oxygens (including phenoxy) is 1. The van der Waals surface area contributed by atoms with Crippen LogP contribution in [0.15, 0.2) is 18.2 Å². The van der Waals surface area contributed by atoms with E-state index in [1.165, 1.54) is 6.07 Å². The number of H-pyrrole nitrogens is 1. The number of nitrogens with one attached hydrogen (secondary N) is 1. The number of imidazole rings is 1. The van der Waals surface area contributed by atoms with Crippen molar-refractivity contribution in [2.75, 3.05) is 6.61 Å². The summed E-state index contributed by atoms with van der Waals surface area (Å²) in [5.74, 6) is -0.328. The quantitative estimate of drug-likeness (QED) is 0.823. The number of hydrogen-bond acceptors (Lipinski definition) is 3. The molecule has 0 saturated carbocycles. The molecule has 2 N–H and O–H groups in total. The van der Waals surface area contributed by atoms with Gasteiger partial charge in [0.25, 0.3) is 0 Å². The minimum absolute atomic E-state index is 0.205. The standard InChI is InChI=1S/C11H12N2O3/c1-2-16-6-9-12-8-5-3-4-7(11(14)15)10(8)13-9/h3-5H,2,6H2,1H3,(H,12,13)(H,14,15). The van der Waals surface area contributed by atoms with Gasteiger partial charge >= 0.3 is 5.97 Å². The molecule has 0 bridgehead atoms. The lowest BCUT2D eigenvalue weighted by atomic mass is 10.2. The molecule has 0 amide bonds. The van der Waals surface area contributed by atoms with E-state index in [0.29, 0.717) is 24.6 Å². The van der Waals surface area contributed by atoms with Gasteiger partial charge in [0.05, 0.1) is 11.1 Å². The molecule has 0 aliphatic carbocycles. The summed E-state index contributed by atoms with van der Waals surface area (Å²) in [6, 6.07) is 5.02. The average molecular weight is 220 g/mol. The topological polar surface area (TPSA) is 75.2 Å². The van der Waals surface area contributed by atoms with Crippen LogP contribution in [0.3, 0.4) is 0 Å². The SMILES string of the molecule is CCOCc1nc2c(C(=O)O)cccc2[nH]1. The Balaban J connectivity index is 2.44. The van der Waals surface area contributed by atoms with Crippen LogP contribution in [-0.2, 0) is 11.3 Å². The third kappa shape index (κ3) is 1.90. The molecule has 0 saturated heterocycles. The van der Waals surface area contributed by atoms with Crippen LogP contribution in [-0.4, -0.2) is 27.7 Å². The summed E-state index contributed by atoms with van der Waals surface area (Å²) in [5, 5.41) is 8.98. The molecule has 2 rings (SSSR count). The van der Waals surface area contributed by atoms with E-state index in [0.717, 1.165) is 5.52 Å². The van der Waals surface area contributed by atoms with Crippen molar-refractivity contribution < 1.29 is 14.6 Å². The predicted octanol–water partition coefficient (Wildman–Crippen LogP) is 1.80. The zero-order valence-electron chi connectivity index (χ0n) is 8.86. The molecule has 0 spiro atoms. The summed E-state index contributed by atoms with van der Waals surface area (Å²) < 4.78 is 5.21. The van der Waals surface area contributed by atoms with Crippen LogP contribution in [0.5, 0.6) is 0 Å². The van der Waals surface area contributed by atoms with Gasteiger partial charge in [0.1, 0.15) is 17.9 Å². The van der Waals surface area contributed by atoms with Crippen LogP contribution < -0.4 is 0 Å². The fourth-order valence-electron chi connectivity index (χ4n) is 1.52. The van der Waals surface area contributed by atoms with Crippen molar-refractivity contribution in [3.8, 4) is 0 Å². The van der Waals surface area contributed by atoms with Crippen LogP contribution >= 0.6 is 0 Å². The van der Waals surface area contributed by atoms with Crippen LogP contribution in [0.2, 0.25) is 0 Å². The van der Waals surface area contributed by atoms with Gasteiger partial charge < -0.3 is 14.8 Å². The summed E-state index contributed by atoms with van der Waals surface area (Å²) in [7, 11) is 0. The lowest BCUT2D eigenvalue weighted by Crippen LogP contribution is -1.97. The number of carboxylic acid groups (broad SMARTS) is 1. The number of carboxylic acids is 1. The van der Waals surface area contributed by atoms with E-state index in [9.17, 15) is 4.79 Å². The normalized spacial score (nSPS) is 10.8. The smallest absolute Gasteiger partial charge is 0.337 e. The van der Waals surface area contributed by atoms with Crippen molar-refractivity contribution in [1.82, 2.24) is 9.97 Å².